The number of rotatable bonds is 11. The zero-order valence-corrected chi connectivity index (χ0v) is 21.1. The highest BCUT2D eigenvalue weighted by atomic mass is 32.2. The van der Waals surface area contributed by atoms with E-state index in [1.54, 1.807) is 16.7 Å². The second kappa shape index (κ2) is 13.0. The molecule has 2 amide bonds. The fraction of sp³-hybridized carbons (Fsp3) is 0.310. The number of aryl methyl sites for hydroxylation is 1. The van der Waals surface area contributed by atoms with Gasteiger partial charge in [-0.25, -0.2) is 0 Å². The highest BCUT2D eigenvalue weighted by Gasteiger charge is 2.30. The minimum absolute atomic E-state index is 0.00395. The van der Waals surface area contributed by atoms with Crippen molar-refractivity contribution in [2.45, 2.75) is 57.1 Å². The maximum atomic E-state index is 13.6. The number of hydrogen-bond acceptors (Lipinski definition) is 3. The summed E-state index contributed by atoms with van der Waals surface area (Å²) >= 11 is 1.66. The summed E-state index contributed by atoms with van der Waals surface area (Å²) in [5.41, 5.74) is 3.22. The van der Waals surface area contributed by atoms with Crippen LogP contribution in [0.4, 0.5) is 0 Å². The number of hydrogen-bond donors (Lipinski definition) is 1. The van der Waals surface area contributed by atoms with Crippen LogP contribution < -0.4 is 5.32 Å². The summed E-state index contributed by atoms with van der Waals surface area (Å²) in [5.74, 6) is 0.538. The SMILES string of the molecule is Cc1ccc(CN(C(=O)CCSc2ccccc2)[C@@H](Cc2ccccc2)C(=O)NC(C)C)cc1. The number of benzene rings is 3. The number of carbonyl (C=O) groups is 2. The molecule has 1 N–H and O–H groups in total. The van der Waals surface area contributed by atoms with E-state index in [9.17, 15) is 9.59 Å². The molecule has 0 fully saturated rings. The molecule has 5 heteroatoms. The third kappa shape index (κ3) is 8.07. The van der Waals surface area contributed by atoms with Crippen molar-refractivity contribution in [3.63, 3.8) is 0 Å². The van der Waals surface area contributed by atoms with E-state index >= 15 is 0 Å². The Morgan fingerprint density at radius 2 is 1.47 bits per heavy atom. The molecule has 3 rings (SSSR count). The molecule has 0 spiro atoms. The largest absolute Gasteiger partial charge is 0.352 e. The molecule has 0 saturated carbocycles. The van der Waals surface area contributed by atoms with Crippen molar-refractivity contribution in [1.82, 2.24) is 10.2 Å². The van der Waals surface area contributed by atoms with Crippen LogP contribution in [0.15, 0.2) is 89.8 Å². The van der Waals surface area contributed by atoms with Gasteiger partial charge in [0.1, 0.15) is 6.04 Å². The standard InChI is InChI=1S/C29H34N2O2S/c1-22(2)30-29(33)27(20-24-10-6-4-7-11-24)31(21-25-16-14-23(3)15-17-25)28(32)18-19-34-26-12-8-5-9-13-26/h4-17,22,27H,18-21H2,1-3H3,(H,30,33)/t27-/m0/s1. The molecule has 0 saturated heterocycles. The lowest BCUT2D eigenvalue weighted by molar-refractivity contribution is -0.141. The van der Waals surface area contributed by atoms with E-state index in [0.717, 1.165) is 16.0 Å². The monoisotopic (exact) mass is 474 g/mol. The maximum absolute atomic E-state index is 13.6. The molecular weight excluding hydrogens is 440 g/mol. The maximum Gasteiger partial charge on any atom is 0.243 e. The third-order valence-corrected chi connectivity index (χ3v) is 6.52. The van der Waals surface area contributed by atoms with Gasteiger partial charge in [-0.15, -0.1) is 11.8 Å². The smallest absolute Gasteiger partial charge is 0.243 e. The van der Waals surface area contributed by atoms with Crippen molar-refractivity contribution in [2.75, 3.05) is 5.75 Å². The van der Waals surface area contributed by atoms with E-state index in [2.05, 4.69) is 5.32 Å². The lowest BCUT2D eigenvalue weighted by Gasteiger charge is -2.32. The van der Waals surface area contributed by atoms with Crippen molar-refractivity contribution in [2.24, 2.45) is 0 Å². The molecule has 0 aliphatic rings. The van der Waals surface area contributed by atoms with Gasteiger partial charge in [0.25, 0.3) is 0 Å². The minimum Gasteiger partial charge on any atom is -0.352 e. The molecule has 3 aromatic carbocycles. The lowest BCUT2D eigenvalue weighted by atomic mass is 10.0. The van der Waals surface area contributed by atoms with Crippen molar-refractivity contribution < 1.29 is 9.59 Å². The fourth-order valence-corrected chi connectivity index (χ4v) is 4.60. The average molecular weight is 475 g/mol. The van der Waals surface area contributed by atoms with E-state index in [1.165, 1.54) is 5.56 Å². The number of nitrogens with zero attached hydrogens (tertiary/aromatic N) is 1. The number of carbonyl (C=O) groups excluding carboxylic acids is 2. The molecule has 0 aliphatic carbocycles. The van der Waals surface area contributed by atoms with Crippen LogP contribution in [0.5, 0.6) is 0 Å². The summed E-state index contributed by atoms with van der Waals surface area (Å²) in [5, 5.41) is 3.04. The Bertz CT molecular complexity index is 1040. The highest BCUT2D eigenvalue weighted by Crippen LogP contribution is 2.21. The molecule has 4 nitrogen and oxygen atoms in total. The van der Waals surface area contributed by atoms with Gasteiger partial charge < -0.3 is 10.2 Å². The normalized spacial score (nSPS) is 11.8. The van der Waals surface area contributed by atoms with Gasteiger partial charge in [0.15, 0.2) is 0 Å². The molecule has 0 bridgehead atoms. The topological polar surface area (TPSA) is 49.4 Å². The Labute approximate surface area is 207 Å². The third-order valence-electron chi connectivity index (χ3n) is 5.50. The molecule has 34 heavy (non-hydrogen) atoms. The number of amides is 2. The van der Waals surface area contributed by atoms with Crippen molar-refractivity contribution >= 4 is 23.6 Å². The summed E-state index contributed by atoms with van der Waals surface area (Å²) in [6.45, 7) is 6.33. The molecule has 1 atom stereocenters. The summed E-state index contributed by atoms with van der Waals surface area (Å²) in [4.78, 5) is 29.8. The van der Waals surface area contributed by atoms with Crippen molar-refractivity contribution in [3.05, 3.63) is 102 Å². The molecule has 0 unspecified atom stereocenters. The molecule has 0 aliphatic heterocycles. The molecule has 0 heterocycles. The Balaban J connectivity index is 1.84. The molecule has 0 aromatic heterocycles. The second-order valence-electron chi connectivity index (χ2n) is 8.79. The lowest BCUT2D eigenvalue weighted by Crippen LogP contribution is -2.51. The van der Waals surface area contributed by atoms with E-state index in [0.29, 0.717) is 25.1 Å². The Morgan fingerprint density at radius 1 is 0.853 bits per heavy atom. The minimum atomic E-state index is -0.583. The van der Waals surface area contributed by atoms with Gasteiger partial charge in [0.05, 0.1) is 0 Å². The van der Waals surface area contributed by atoms with Gasteiger partial charge in [0, 0.05) is 36.1 Å². The zero-order valence-electron chi connectivity index (χ0n) is 20.2. The highest BCUT2D eigenvalue weighted by molar-refractivity contribution is 7.99. The first kappa shape index (κ1) is 25.6. The van der Waals surface area contributed by atoms with Crippen molar-refractivity contribution in [3.8, 4) is 0 Å². The summed E-state index contributed by atoms with van der Waals surface area (Å²) < 4.78 is 0. The van der Waals surface area contributed by atoms with E-state index in [1.807, 2.05) is 106 Å². The van der Waals surface area contributed by atoms with Crippen LogP contribution >= 0.6 is 11.8 Å². The van der Waals surface area contributed by atoms with E-state index in [-0.39, 0.29) is 17.9 Å². The van der Waals surface area contributed by atoms with E-state index in [4.69, 9.17) is 0 Å². The predicted molar refractivity (Wildman–Crippen MR) is 141 cm³/mol. The van der Waals surface area contributed by atoms with Gasteiger partial charge in [-0.3, -0.25) is 9.59 Å². The summed E-state index contributed by atoms with van der Waals surface area (Å²) in [6, 6.07) is 27.6. The first-order valence-corrected chi connectivity index (χ1v) is 12.8. The molecule has 0 radical (unpaired) electrons. The Hall–Kier alpha value is -3.05. The van der Waals surface area contributed by atoms with E-state index < -0.39 is 6.04 Å². The summed E-state index contributed by atoms with van der Waals surface area (Å²) in [6.07, 6.45) is 0.842. The van der Waals surface area contributed by atoms with Crippen LogP contribution in [0.1, 0.15) is 37.0 Å². The zero-order chi connectivity index (χ0) is 24.3. The van der Waals surface area contributed by atoms with Gasteiger partial charge in [0.2, 0.25) is 11.8 Å². The first-order valence-electron chi connectivity index (χ1n) is 11.8. The summed E-state index contributed by atoms with van der Waals surface area (Å²) in [7, 11) is 0. The molecule has 3 aromatic rings. The van der Waals surface area contributed by atoms with Gasteiger partial charge in [-0.2, -0.15) is 0 Å². The van der Waals surface area contributed by atoms with Crippen LogP contribution in [-0.4, -0.2) is 34.6 Å². The van der Waals surface area contributed by atoms with Gasteiger partial charge in [-0.1, -0.05) is 78.4 Å². The van der Waals surface area contributed by atoms with Gasteiger partial charge in [-0.05, 0) is 44.0 Å². The van der Waals surface area contributed by atoms with Crippen LogP contribution in [-0.2, 0) is 22.6 Å². The number of thioether (sulfide) groups is 1. The first-order chi connectivity index (χ1) is 16.4. The predicted octanol–water partition coefficient (Wildman–Crippen LogP) is 5.64. The van der Waals surface area contributed by atoms with Crippen LogP contribution in [0, 0.1) is 6.92 Å². The fourth-order valence-electron chi connectivity index (χ4n) is 3.74. The molecule has 178 valence electrons. The average Bonchev–Trinajstić information content (AvgIpc) is 2.83. The van der Waals surface area contributed by atoms with Crippen LogP contribution in [0.2, 0.25) is 0 Å². The quantitative estimate of drug-likeness (QED) is 0.366. The Kier molecular flexibility index (Phi) is 9.77. The molecular formula is C29H34N2O2S. The Morgan fingerprint density at radius 3 is 2.09 bits per heavy atom. The second-order valence-corrected chi connectivity index (χ2v) is 9.96. The van der Waals surface area contributed by atoms with Crippen LogP contribution in [0.3, 0.4) is 0 Å². The van der Waals surface area contributed by atoms with Crippen molar-refractivity contribution in [1.29, 1.82) is 0 Å². The van der Waals surface area contributed by atoms with Crippen LogP contribution in [0.25, 0.3) is 0 Å². The number of nitrogens with one attached hydrogen (secondary N) is 1. The van der Waals surface area contributed by atoms with Gasteiger partial charge >= 0.3 is 0 Å².